The van der Waals surface area contributed by atoms with Crippen molar-refractivity contribution in [1.82, 2.24) is 24.3 Å². The molecule has 10 heteroatoms. The third kappa shape index (κ3) is 3.86. The lowest BCUT2D eigenvalue weighted by atomic mass is 10.2. The summed E-state index contributed by atoms with van der Waals surface area (Å²) in [5, 5.41) is 8.61. The first-order chi connectivity index (χ1) is 14.3. The fourth-order valence-electron chi connectivity index (χ4n) is 3.11. The van der Waals surface area contributed by atoms with Crippen LogP contribution in [0.5, 0.6) is 0 Å². The van der Waals surface area contributed by atoms with Crippen LogP contribution in [0, 0.1) is 13.8 Å². The molecule has 1 amide bonds. The molecule has 0 aliphatic carbocycles. The van der Waals surface area contributed by atoms with Gasteiger partial charge in [0, 0.05) is 24.5 Å². The van der Waals surface area contributed by atoms with E-state index in [1.165, 1.54) is 11.3 Å². The van der Waals surface area contributed by atoms with Crippen LogP contribution in [-0.4, -0.2) is 30.2 Å². The molecule has 1 aromatic carbocycles. The van der Waals surface area contributed by atoms with Crippen LogP contribution in [-0.2, 0) is 13.6 Å². The van der Waals surface area contributed by atoms with E-state index in [0.29, 0.717) is 28.0 Å². The van der Waals surface area contributed by atoms with E-state index in [1.54, 1.807) is 23.9 Å². The molecule has 0 radical (unpaired) electrons. The highest BCUT2D eigenvalue weighted by atomic mass is 35.5. The molecule has 3 heterocycles. The molecular formula is C20H18Cl2N6OS. The molecule has 0 saturated heterocycles. The Kier molecular flexibility index (Phi) is 5.64. The number of benzene rings is 1. The number of hydrogen-bond acceptors (Lipinski definition) is 5. The lowest BCUT2D eigenvalue weighted by Gasteiger charge is -2.06. The summed E-state index contributed by atoms with van der Waals surface area (Å²) in [4.78, 5) is 22.6. The minimum absolute atomic E-state index is 0.252. The fourth-order valence-corrected chi connectivity index (χ4v) is 4.62. The van der Waals surface area contributed by atoms with Gasteiger partial charge in [0.05, 0.1) is 28.4 Å². The number of carbonyl (C=O) groups is 1. The summed E-state index contributed by atoms with van der Waals surface area (Å²) in [5.41, 5.74) is 2.50. The highest BCUT2D eigenvalue weighted by Gasteiger charge is 2.23. The SMILES string of the molecule is Cc1nc(NC(=O)c2c(C)nn(Cc3ccccc3Cl)c2Cl)sc1-c1nccn1C. The van der Waals surface area contributed by atoms with Crippen molar-refractivity contribution < 1.29 is 4.79 Å². The van der Waals surface area contributed by atoms with Gasteiger partial charge in [-0.25, -0.2) is 14.6 Å². The van der Waals surface area contributed by atoms with Gasteiger partial charge >= 0.3 is 0 Å². The van der Waals surface area contributed by atoms with E-state index in [0.717, 1.165) is 22.0 Å². The van der Waals surface area contributed by atoms with Crippen molar-refractivity contribution in [2.24, 2.45) is 7.05 Å². The van der Waals surface area contributed by atoms with E-state index in [9.17, 15) is 4.79 Å². The molecule has 4 rings (SSSR count). The maximum atomic E-state index is 12.9. The maximum absolute atomic E-state index is 12.9. The Labute approximate surface area is 187 Å². The molecule has 0 aliphatic heterocycles. The number of imidazole rings is 1. The van der Waals surface area contributed by atoms with Crippen molar-refractivity contribution in [3.05, 3.63) is 69.3 Å². The van der Waals surface area contributed by atoms with Crippen molar-refractivity contribution in [2.45, 2.75) is 20.4 Å². The number of aromatic nitrogens is 5. The number of anilines is 1. The van der Waals surface area contributed by atoms with Crippen molar-refractivity contribution in [1.29, 1.82) is 0 Å². The molecule has 0 spiro atoms. The van der Waals surface area contributed by atoms with E-state index >= 15 is 0 Å². The zero-order chi connectivity index (χ0) is 21.4. The van der Waals surface area contributed by atoms with Crippen molar-refractivity contribution in [2.75, 3.05) is 5.32 Å². The summed E-state index contributed by atoms with van der Waals surface area (Å²) in [6, 6.07) is 7.45. The first kappa shape index (κ1) is 20.6. The second kappa shape index (κ2) is 8.22. The van der Waals surface area contributed by atoms with Gasteiger partial charge in [-0.05, 0) is 25.5 Å². The number of nitrogens with zero attached hydrogens (tertiary/aromatic N) is 5. The van der Waals surface area contributed by atoms with Crippen LogP contribution in [0.1, 0.15) is 27.3 Å². The Balaban J connectivity index is 1.58. The number of thiazole rings is 1. The summed E-state index contributed by atoms with van der Waals surface area (Å²) >= 11 is 14.1. The van der Waals surface area contributed by atoms with Gasteiger partial charge in [0.25, 0.3) is 5.91 Å². The number of hydrogen-bond donors (Lipinski definition) is 1. The molecule has 0 bridgehead atoms. The van der Waals surface area contributed by atoms with Gasteiger partial charge in [-0.15, -0.1) is 0 Å². The van der Waals surface area contributed by atoms with Gasteiger partial charge < -0.3 is 4.57 Å². The van der Waals surface area contributed by atoms with Crippen molar-refractivity contribution in [3.8, 4) is 10.7 Å². The van der Waals surface area contributed by atoms with Crippen LogP contribution in [0.2, 0.25) is 10.2 Å². The zero-order valence-electron chi connectivity index (χ0n) is 16.5. The number of aryl methyl sites for hydroxylation is 3. The summed E-state index contributed by atoms with van der Waals surface area (Å²) in [6.45, 7) is 4.00. The Hall–Kier alpha value is -2.68. The average molecular weight is 461 g/mol. The molecular weight excluding hydrogens is 443 g/mol. The predicted molar refractivity (Wildman–Crippen MR) is 120 cm³/mol. The summed E-state index contributed by atoms with van der Waals surface area (Å²) in [6.07, 6.45) is 3.59. The first-order valence-corrected chi connectivity index (χ1v) is 10.6. The smallest absolute Gasteiger partial charge is 0.262 e. The normalized spacial score (nSPS) is 11.1. The number of nitrogens with one attached hydrogen (secondary N) is 1. The summed E-state index contributed by atoms with van der Waals surface area (Å²) < 4.78 is 3.48. The van der Waals surface area contributed by atoms with Crippen LogP contribution in [0.25, 0.3) is 10.7 Å². The maximum Gasteiger partial charge on any atom is 0.262 e. The van der Waals surface area contributed by atoms with E-state index in [4.69, 9.17) is 23.2 Å². The predicted octanol–water partition coefficient (Wildman–Crippen LogP) is 4.96. The largest absolute Gasteiger partial charge is 0.333 e. The number of rotatable bonds is 5. The third-order valence-electron chi connectivity index (χ3n) is 4.61. The molecule has 30 heavy (non-hydrogen) atoms. The second-order valence-electron chi connectivity index (χ2n) is 6.75. The molecule has 0 aliphatic rings. The molecule has 7 nitrogen and oxygen atoms in total. The van der Waals surface area contributed by atoms with Gasteiger partial charge in [-0.1, -0.05) is 52.7 Å². The molecule has 1 N–H and O–H groups in total. The Morgan fingerprint density at radius 1 is 1.20 bits per heavy atom. The third-order valence-corrected chi connectivity index (χ3v) is 6.43. The van der Waals surface area contributed by atoms with E-state index < -0.39 is 0 Å². The average Bonchev–Trinajstić information content (AvgIpc) is 3.35. The van der Waals surface area contributed by atoms with Crippen molar-refractivity contribution in [3.63, 3.8) is 0 Å². The number of carbonyl (C=O) groups excluding carboxylic acids is 1. The monoisotopic (exact) mass is 460 g/mol. The summed E-state index contributed by atoms with van der Waals surface area (Å²) in [7, 11) is 1.91. The molecule has 0 saturated carbocycles. The van der Waals surface area contributed by atoms with E-state index in [1.807, 2.05) is 42.9 Å². The van der Waals surface area contributed by atoms with Gasteiger partial charge in [-0.2, -0.15) is 5.10 Å². The quantitative estimate of drug-likeness (QED) is 0.456. The fraction of sp³-hybridized carbons (Fsp3) is 0.200. The van der Waals surface area contributed by atoms with Crippen LogP contribution >= 0.6 is 34.5 Å². The standard InChI is InChI=1S/C20H18Cl2N6OS/c1-11-15(17(22)28(26-11)10-13-6-4-5-7-14(13)21)19(29)25-20-24-12(2)16(30-20)18-23-8-9-27(18)3/h4-9H,10H2,1-3H3,(H,24,25,29). The van der Waals surface area contributed by atoms with Gasteiger partial charge in [0.2, 0.25) is 0 Å². The highest BCUT2D eigenvalue weighted by molar-refractivity contribution is 7.19. The lowest BCUT2D eigenvalue weighted by molar-refractivity contribution is 0.102. The van der Waals surface area contributed by atoms with Gasteiger partial charge in [0.15, 0.2) is 11.0 Å². The molecule has 4 aromatic rings. The first-order valence-electron chi connectivity index (χ1n) is 9.08. The van der Waals surface area contributed by atoms with E-state index in [-0.39, 0.29) is 11.1 Å². The van der Waals surface area contributed by atoms with Crippen LogP contribution < -0.4 is 5.32 Å². The highest BCUT2D eigenvalue weighted by Crippen LogP contribution is 2.32. The lowest BCUT2D eigenvalue weighted by Crippen LogP contribution is -2.13. The molecule has 0 atom stereocenters. The topological polar surface area (TPSA) is 77.6 Å². The minimum atomic E-state index is -0.358. The minimum Gasteiger partial charge on any atom is -0.333 e. The zero-order valence-corrected chi connectivity index (χ0v) is 18.8. The second-order valence-corrected chi connectivity index (χ2v) is 8.51. The molecule has 154 valence electrons. The Bertz CT molecular complexity index is 1240. The van der Waals surface area contributed by atoms with Gasteiger partial charge in [-0.3, -0.25) is 10.1 Å². The van der Waals surface area contributed by atoms with Gasteiger partial charge in [0.1, 0.15) is 5.15 Å². The molecule has 0 unspecified atom stereocenters. The van der Waals surface area contributed by atoms with Crippen LogP contribution in [0.15, 0.2) is 36.7 Å². The molecule has 0 fully saturated rings. The number of halogens is 2. The Morgan fingerprint density at radius 3 is 2.67 bits per heavy atom. The molecule has 3 aromatic heterocycles. The van der Waals surface area contributed by atoms with Crippen LogP contribution in [0.3, 0.4) is 0 Å². The summed E-state index contributed by atoms with van der Waals surface area (Å²) in [5.74, 6) is 0.440. The Morgan fingerprint density at radius 2 is 1.97 bits per heavy atom. The van der Waals surface area contributed by atoms with Crippen LogP contribution in [0.4, 0.5) is 5.13 Å². The van der Waals surface area contributed by atoms with E-state index in [2.05, 4.69) is 20.4 Å². The van der Waals surface area contributed by atoms with Crippen molar-refractivity contribution >= 4 is 45.6 Å². The number of amides is 1.